The maximum absolute atomic E-state index is 11.5. The SMILES string of the molecule is COC(=O)c1ccc(Oc2ncnc(NCCC3=CCCCC3)c2N)cc1. The summed E-state index contributed by atoms with van der Waals surface area (Å²) in [6.45, 7) is 0.764. The molecule has 0 bridgehead atoms. The van der Waals surface area contributed by atoms with Crippen molar-refractivity contribution in [2.75, 3.05) is 24.7 Å². The molecule has 0 atom stereocenters. The zero-order valence-electron chi connectivity index (χ0n) is 15.4. The summed E-state index contributed by atoms with van der Waals surface area (Å²) in [6, 6.07) is 6.57. The van der Waals surface area contributed by atoms with Crippen LogP contribution in [0.15, 0.2) is 42.2 Å². The van der Waals surface area contributed by atoms with Crippen LogP contribution < -0.4 is 15.8 Å². The molecule has 0 saturated heterocycles. The van der Waals surface area contributed by atoms with Gasteiger partial charge in [0.1, 0.15) is 17.8 Å². The van der Waals surface area contributed by atoms with Gasteiger partial charge < -0.3 is 20.5 Å². The maximum atomic E-state index is 11.5. The largest absolute Gasteiger partial charge is 0.465 e. The first-order chi connectivity index (χ1) is 13.2. The predicted octanol–water partition coefficient (Wildman–Crippen LogP) is 3.94. The highest BCUT2D eigenvalue weighted by molar-refractivity contribution is 5.89. The van der Waals surface area contributed by atoms with Crippen LogP contribution in [-0.2, 0) is 4.74 Å². The number of hydrogen-bond donors (Lipinski definition) is 2. The summed E-state index contributed by atoms with van der Waals surface area (Å²) in [5.41, 5.74) is 8.44. The van der Waals surface area contributed by atoms with Gasteiger partial charge in [0.05, 0.1) is 12.7 Å². The Morgan fingerprint density at radius 3 is 2.74 bits per heavy atom. The number of nitrogens with zero attached hydrogens (tertiary/aromatic N) is 2. The third kappa shape index (κ3) is 4.97. The van der Waals surface area contributed by atoms with E-state index in [1.54, 1.807) is 24.3 Å². The molecule has 7 nitrogen and oxygen atoms in total. The molecule has 0 aliphatic heterocycles. The molecule has 27 heavy (non-hydrogen) atoms. The van der Waals surface area contributed by atoms with Gasteiger partial charge in [-0.25, -0.2) is 9.78 Å². The van der Waals surface area contributed by atoms with Crippen LogP contribution in [0.2, 0.25) is 0 Å². The molecule has 142 valence electrons. The predicted molar refractivity (Wildman–Crippen MR) is 104 cm³/mol. The maximum Gasteiger partial charge on any atom is 0.337 e. The molecule has 0 fully saturated rings. The third-order valence-electron chi connectivity index (χ3n) is 4.46. The Morgan fingerprint density at radius 1 is 1.22 bits per heavy atom. The topological polar surface area (TPSA) is 99.4 Å². The van der Waals surface area contributed by atoms with E-state index in [0.29, 0.717) is 22.8 Å². The Labute approximate surface area is 158 Å². The molecule has 1 aliphatic rings. The van der Waals surface area contributed by atoms with E-state index in [1.165, 1.54) is 44.7 Å². The molecule has 3 N–H and O–H groups in total. The van der Waals surface area contributed by atoms with E-state index in [-0.39, 0.29) is 5.88 Å². The zero-order valence-corrected chi connectivity index (χ0v) is 15.4. The van der Waals surface area contributed by atoms with Gasteiger partial charge >= 0.3 is 5.97 Å². The van der Waals surface area contributed by atoms with Gasteiger partial charge in [0, 0.05) is 6.54 Å². The van der Waals surface area contributed by atoms with E-state index in [0.717, 1.165) is 13.0 Å². The first-order valence-corrected chi connectivity index (χ1v) is 9.06. The lowest BCUT2D eigenvalue weighted by atomic mass is 9.97. The van der Waals surface area contributed by atoms with Gasteiger partial charge in [-0.3, -0.25) is 0 Å². The van der Waals surface area contributed by atoms with Crippen molar-refractivity contribution in [1.82, 2.24) is 9.97 Å². The standard InChI is InChI=1S/C20H24N4O3/c1-26-20(25)15-7-9-16(10-8-15)27-19-17(21)18(23-13-24-19)22-12-11-14-5-3-2-4-6-14/h5,7-10,13H,2-4,6,11-12,21H2,1H3,(H,22,23,24). The van der Waals surface area contributed by atoms with Crippen LogP contribution >= 0.6 is 0 Å². The Kier molecular flexibility index (Phi) is 6.25. The van der Waals surface area contributed by atoms with Gasteiger partial charge in [-0.05, 0) is 56.4 Å². The minimum Gasteiger partial charge on any atom is -0.465 e. The lowest BCUT2D eigenvalue weighted by molar-refractivity contribution is 0.0600. The van der Waals surface area contributed by atoms with Crippen molar-refractivity contribution in [1.29, 1.82) is 0 Å². The summed E-state index contributed by atoms with van der Waals surface area (Å²) < 4.78 is 10.4. The van der Waals surface area contributed by atoms with Gasteiger partial charge in [0.25, 0.3) is 0 Å². The number of allylic oxidation sites excluding steroid dienone is 1. The van der Waals surface area contributed by atoms with Crippen molar-refractivity contribution in [3.8, 4) is 11.6 Å². The first kappa shape index (κ1) is 18.7. The average Bonchev–Trinajstić information content (AvgIpc) is 2.71. The number of ether oxygens (including phenoxy) is 2. The van der Waals surface area contributed by atoms with Gasteiger partial charge in [-0.15, -0.1) is 0 Å². The van der Waals surface area contributed by atoms with Crippen LogP contribution in [-0.4, -0.2) is 29.6 Å². The Hall–Kier alpha value is -3.09. The summed E-state index contributed by atoms with van der Waals surface area (Å²) in [4.78, 5) is 19.8. The first-order valence-electron chi connectivity index (χ1n) is 9.06. The van der Waals surface area contributed by atoms with E-state index in [1.807, 2.05) is 0 Å². The van der Waals surface area contributed by atoms with Crippen molar-refractivity contribution >= 4 is 17.5 Å². The molecule has 7 heteroatoms. The Bertz CT molecular complexity index is 818. The minimum absolute atomic E-state index is 0.273. The van der Waals surface area contributed by atoms with Crippen LogP contribution in [0.25, 0.3) is 0 Å². The summed E-state index contributed by atoms with van der Waals surface area (Å²) >= 11 is 0. The molecule has 0 spiro atoms. The number of rotatable bonds is 7. The number of hydrogen-bond acceptors (Lipinski definition) is 7. The van der Waals surface area contributed by atoms with Crippen molar-refractivity contribution in [3.05, 3.63) is 47.8 Å². The molecule has 1 heterocycles. The van der Waals surface area contributed by atoms with E-state index < -0.39 is 5.97 Å². The number of benzene rings is 1. The third-order valence-corrected chi connectivity index (χ3v) is 4.46. The highest BCUT2D eigenvalue weighted by Crippen LogP contribution is 2.29. The summed E-state index contributed by atoms with van der Waals surface area (Å²) in [5, 5.41) is 3.26. The van der Waals surface area contributed by atoms with Crippen LogP contribution in [0.5, 0.6) is 11.6 Å². The van der Waals surface area contributed by atoms with Gasteiger partial charge in [-0.1, -0.05) is 11.6 Å². The van der Waals surface area contributed by atoms with Crippen LogP contribution in [0.4, 0.5) is 11.5 Å². The van der Waals surface area contributed by atoms with E-state index >= 15 is 0 Å². The number of carbonyl (C=O) groups excluding carboxylic acids is 1. The second-order valence-electron chi connectivity index (χ2n) is 6.34. The molecule has 1 aliphatic carbocycles. The number of esters is 1. The number of nitrogens with one attached hydrogen (secondary N) is 1. The highest BCUT2D eigenvalue weighted by atomic mass is 16.5. The summed E-state index contributed by atoms with van der Waals surface area (Å²) in [7, 11) is 1.34. The molecule has 0 radical (unpaired) electrons. The molecule has 2 aromatic rings. The van der Waals surface area contributed by atoms with Crippen molar-refractivity contribution < 1.29 is 14.3 Å². The molecule has 0 amide bonds. The molecule has 0 saturated carbocycles. The van der Waals surface area contributed by atoms with E-state index in [9.17, 15) is 4.79 Å². The summed E-state index contributed by atoms with van der Waals surface area (Å²) in [5.74, 6) is 0.951. The molecule has 0 unspecified atom stereocenters. The Morgan fingerprint density at radius 2 is 2.04 bits per heavy atom. The monoisotopic (exact) mass is 368 g/mol. The minimum atomic E-state index is -0.400. The zero-order chi connectivity index (χ0) is 19.1. The van der Waals surface area contributed by atoms with Crippen molar-refractivity contribution in [3.63, 3.8) is 0 Å². The van der Waals surface area contributed by atoms with E-state index in [4.69, 9.17) is 10.5 Å². The number of anilines is 2. The smallest absolute Gasteiger partial charge is 0.337 e. The molecule has 1 aromatic carbocycles. The molecule has 3 rings (SSSR count). The van der Waals surface area contributed by atoms with Crippen LogP contribution in [0.3, 0.4) is 0 Å². The van der Waals surface area contributed by atoms with Crippen molar-refractivity contribution in [2.45, 2.75) is 32.1 Å². The average molecular weight is 368 g/mol. The van der Waals surface area contributed by atoms with E-state index in [2.05, 4.69) is 26.1 Å². The van der Waals surface area contributed by atoms with Crippen LogP contribution in [0, 0.1) is 0 Å². The quantitative estimate of drug-likeness (QED) is 0.564. The van der Waals surface area contributed by atoms with Crippen molar-refractivity contribution in [2.24, 2.45) is 0 Å². The van der Waals surface area contributed by atoms with Gasteiger partial charge in [-0.2, -0.15) is 4.98 Å². The lowest BCUT2D eigenvalue weighted by Gasteiger charge is -2.14. The number of aromatic nitrogens is 2. The second-order valence-corrected chi connectivity index (χ2v) is 6.34. The number of methoxy groups -OCH3 is 1. The number of nitrogens with two attached hydrogens (primary N) is 1. The van der Waals surface area contributed by atoms with Gasteiger partial charge in [0.2, 0.25) is 5.88 Å². The summed E-state index contributed by atoms with van der Waals surface area (Å²) in [6.07, 6.45) is 9.65. The number of carbonyl (C=O) groups is 1. The highest BCUT2D eigenvalue weighted by Gasteiger charge is 2.12. The second kappa shape index (κ2) is 9.02. The molecule has 1 aromatic heterocycles. The molecular weight excluding hydrogens is 344 g/mol. The Balaban J connectivity index is 1.62. The van der Waals surface area contributed by atoms with Crippen LogP contribution in [0.1, 0.15) is 42.5 Å². The normalized spacial score (nSPS) is 13.6. The van der Waals surface area contributed by atoms with Gasteiger partial charge in [0.15, 0.2) is 5.82 Å². The fourth-order valence-corrected chi connectivity index (χ4v) is 2.96. The fraction of sp³-hybridized carbons (Fsp3) is 0.350. The fourth-order valence-electron chi connectivity index (χ4n) is 2.96. The lowest BCUT2D eigenvalue weighted by Crippen LogP contribution is -2.09. The molecular formula is C20H24N4O3. The number of nitrogen functional groups attached to an aromatic ring is 1.